The van der Waals surface area contributed by atoms with Crippen molar-refractivity contribution in [1.29, 1.82) is 0 Å². The highest BCUT2D eigenvalue weighted by atomic mass is 16.6. The number of amides is 1. The van der Waals surface area contributed by atoms with Crippen LogP contribution in [-0.2, 0) is 4.74 Å². The van der Waals surface area contributed by atoms with Crippen LogP contribution in [0.3, 0.4) is 0 Å². The lowest BCUT2D eigenvalue weighted by atomic mass is 10.2. The summed E-state index contributed by atoms with van der Waals surface area (Å²) in [5, 5.41) is 0. The molecule has 0 aromatic heterocycles. The van der Waals surface area contributed by atoms with Crippen LogP contribution < -0.4 is 0 Å². The average Bonchev–Trinajstić information content (AvgIpc) is 2.36. The Balaban J connectivity index is 2.39. The van der Waals surface area contributed by atoms with Crippen LogP contribution >= 0.6 is 0 Å². The van der Waals surface area contributed by atoms with Gasteiger partial charge in [0.2, 0.25) is 0 Å². The SMILES string of the molecule is CCOC(=O)N1CCC[C@@H]1C. The first-order chi connectivity index (χ1) is 5.25. The lowest BCUT2D eigenvalue weighted by Crippen LogP contribution is -2.34. The normalized spacial score (nSPS) is 23.8. The number of hydrogen-bond donors (Lipinski definition) is 0. The van der Waals surface area contributed by atoms with Gasteiger partial charge in [-0.25, -0.2) is 4.79 Å². The second-order valence-electron chi connectivity index (χ2n) is 2.88. The van der Waals surface area contributed by atoms with Crippen LogP contribution in [-0.4, -0.2) is 30.2 Å². The fourth-order valence-electron chi connectivity index (χ4n) is 1.41. The summed E-state index contributed by atoms with van der Waals surface area (Å²) < 4.78 is 4.88. The third-order valence-corrected chi connectivity index (χ3v) is 2.06. The minimum atomic E-state index is -0.155. The van der Waals surface area contributed by atoms with E-state index in [-0.39, 0.29) is 6.09 Å². The molecule has 0 aliphatic carbocycles. The van der Waals surface area contributed by atoms with Crippen molar-refractivity contribution in [1.82, 2.24) is 4.90 Å². The molecule has 1 heterocycles. The Labute approximate surface area is 67.3 Å². The molecule has 11 heavy (non-hydrogen) atoms. The lowest BCUT2D eigenvalue weighted by Gasteiger charge is -2.19. The maximum Gasteiger partial charge on any atom is 0.409 e. The maximum atomic E-state index is 11.2. The minimum absolute atomic E-state index is 0.155. The average molecular weight is 157 g/mol. The molecule has 0 spiro atoms. The van der Waals surface area contributed by atoms with Crippen molar-refractivity contribution >= 4 is 6.09 Å². The van der Waals surface area contributed by atoms with Gasteiger partial charge in [0.25, 0.3) is 0 Å². The zero-order valence-corrected chi connectivity index (χ0v) is 7.17. The fraction of sp³-hybridized carbons (Fsp3) is 0.875. The van der Waals surface area contributed by atoms with Gasteiger partial charge in [0, 0.05) is 12.6 Å². The Hall–Kier alpha value is -0.730. The van der Waals surface area contributed by atoms with E-state index in [9.17, 15) is 4.79 Å². The lowest BCUT2D eigenvalue weighted by molar-refractivity contribution is 0.105. The number of carbonyl (C=O) groups excluding carboxylic acids is 1. The fourth-order valence-corrected chi connectivity index (χ4v) is 1.41. The van der Waals surface area contributed by atoms with E-state index in [0.717, 1.165) is 19.4 Å². The molecule has 0 aromatic rings. The van der Waals surface area contributed by atoms with Gasteiger partial charge in [-0.15, -0.1) is 0 Å². The van der Waals surface area contributed by atoms with Crippen LogP contribution in [0.25, 0.3) is 0 Å². The van der Waals surface area contributed by atoms with Gasteiger partial charge in [0.05, 0.1) is 6.61 Å². The number of ether oxygens (including phenoxy) is 1. The van der Waals surface area contributed by atoms with Crippen LogP contribution in [0, 0.1) is 0 Å². The van der Waals surface area contributed by atoms with Crippen molar-refractivity contribution in [3.8, 4) is 0 Å². The molecule has 1 fully saturated rings. The summed E-state index contributed by atoms with van der Waals surface area (Å²) in [5.41, 5.74) is 0. The highest BCUT2D eigenvalue weighted by Gasteiger charge is 2.25. The standard InChI is InChI=1S/C8H15NO2/c1-3-11-8(10)9-6-4-5-7(9)2/h7H,3-6H2,1-2H3/t7-/m0/s1. The molecule has 0 aromatic carbocycles. The van der Waals surface area contributed by atoms with Gasteiger partial charge in [-0.3, -0.25) is 0 Å². The molecule has 1 rings (SSSR count). The van der Waals surface area contributed by atoms with Crippen molar-refractivity contribution in [3.05, 3.63) is 0 Å². The molecule has 0 N–H and O–H groups in total. The summed E-state index contributed by atoms with van der Waals surface area (Å²) in [7, 11) is 0. The van der Waals surface area contributed by atoms with Crippen LogP contribution in [0.5, 0.6) is 0 Å². The summed E-state index contributed by atoms with van der Waals surface area (Å²) in [6.45, 7) is 5.23. The Kier molecular flexibility index (Phi) is 2.74. The van der Waals surface area contributed by atoms with E-state index < -0.39 is 0 Å². The van der Waals surface area contributed by atoms with Gasteiger partial charge in [0.1, 0.15) is 0 Å². The third-order valence-electron chi connectivity index (χ3n) is 2.06. The molecule has 1 aliphatic heterocycles. The predicted octanol–water partition coefficient (Wildman–Crippen LogP) is 1.63. The van der Waals surface area contributed by atoms with E-state index in [1.807, 2.05) is 6.92 Å². The first-order valence-corrected chi connectivity index (χ1v) is 4.19. The van der Waals surface area contributed by atoms with E-state index >= 15 is 0 Å². The largest absolute Gasteiger partial charge is 0.450 e. The first kappa shape index (κ1) is 8.37. The summed E-state index contributed by atoms with van der Waals surface area (Å²) in [4.78, 5) is 13.0. The predicted molar refractivity (Wildman–Crippen MR) is 42.4 cm³/mol. The Morgan fingerprint density at radius 1 is 1.73 bits per heavy atom. The quantitative estimate of drug-likeness (QED) is 0.579. The molecule has 0 saturated carbocycles. The summed E-state index contributed by atoms with van der Waals surface area (Å²) >= 11 is 0. The van der Waals surface area contributed by atoms with Gasteiger partial charge in [0.15, 0.2) is 0 Å². The number of hydrogen-bond acceptors (Lipinski definition) is 2. The van der Waals surface area contributed by atoms with Crippen molar-refractivity contribution in [2.75, 3.05) is 13.2 Å². The molecule has 0 radical (unpaired) electrons. The monoisotopic (exact) mass is 157 g/mol. The molecule has 1 amide bonds. The van der Waals surface area contributed by atoms with Gasteiger partial charge in [-0.05, 0) is 26.7 Å². The second kappa shape index (κ2) is 3.60. The molecular weight excluding hydrogens is 142 g/mol. The molecular formula is C8H15NO2. The molecule has 0 bridgehead atoms. The summed E-state index contributed by atoms with van der Waals surface area (Å²) in [6, 6.07) is 0.369. The van der Waals surface area contributed by atoms with E-state index in [4.69, 9.17) is 4.74 Å². The maximum absolute atomic E-state index is 11.2. The molecule has 1 atom stereocenters. The van der Waals surface area contributed by atoms with Crippen LogP contribution in [0.15, 0.2) is 0 Å². The van der Waals surface area contributed by atoms with Crippen molar-refractivity contribution in [2.24, 2.45) is 0 Å². The summed E-state index contributed by atoms with van der Waals surface area (Å²) in [6.07, 6.45) is 2.07. The molecule has 3 nitrogen and oxygen atoms in total. The van der Waals surface area contributed by atoms with Gasteiger partial charge < -0.3 is 9.64 Å². The topological polar surface area (TPSA) is 29.5 Å². The second-order valence-corrected chi connectivity index (χ2v) is 2.88. The Bertz CT molecular complexity index is 147. The highest BCUT2D eigenvalue weighted by molar-refractivity contribution is 5.68. The molecule has 1 aliphatic rings. The number of carbonyl (C=O) groups is 1. The van der Waals surface area contributed by atoms with Crippen LogP contribution in [0.1, 0.15) is 26.7 Å². The number of rotatable bonds is 1. The summed E-state index contributed by atoms with van der Waals surface area (Å²) in [5.74, 6) is 0. The van der Waals surface area contributed by atoms with Gasteiger partial charge in [-0.2, -0.15) is 0 Å². The molecule has 0 unspecified atom stereocenters. The van der Waals surface area contributed by atoms with E-state index in [1.165, 1.54) is 0 Å². The zero-order chi connectivity index (χ0) is 8.27. The Morgan fingerprint density at radius 2 is 2.45 bits per heavy atom. The minimum Gasteiger partial charge on any atom is -0.450 e. The van der Waals surface area contributed by atoms with Crippen LogP contribution in [0.2, 0.25) is 0 Å². The van der Waals surface area contributed by atoms with Crippen molar-refractivity contribution in [3.63, 3.8) is 0 Å². The molecule has 64 valence electrons. The van der Waals surface area contributed by atoms with Gasteiger partial charge in [-0.1, -0.05) is 0 Å². The van der Waals surface area contributed by atoms with Gasteiger partial charge >= 0.3 is 6.09 Å². The number of nitrogens with zero attached hydrogens (tertiary/aromatic N) is 1. The first-order valence-electron chi connectivity index (χ1n) is 4.19. The van der Waals surface area contributed by atoms with E-state index in [2.05, 4.69) is 6.92 Å². The Morgan fingerprint density at radius 3 is 2.91 bits per heavy atom. The molecule has 3 heteroatoms. The smallest absolute Gasteiger partial charge is 0.409 e. The highest BCUT2D eigenvalue weighted by Crippen LogP contribution is 2.16. The zero-order valence-electron chi connectivity index (χ0n) is 7.17. The van der Waals surface area contributed by atoms with E-state index in [0.29, 0.717) is 12.6 Å². The number of likely N-dealkylation sites (tertiary alicyclic amines) is 1. The molecule has 1 saturated heterocycles. The van der Waals surface area contributed by atoms with E-state index in [1.54, 1.807) is 4.90 Å². The van der Waals surface area contributed by atoms with Crippen molar-refractivity contribution in [2.45, 2.75) is 32.7 Å². The van der Waals surface area contributed by atoms with Crippen LogP contribution in [0.4, 0.5) is 4.79 Å². The van der Waals surface area contributed by atoms with Crippen molar-refractivity contribution < 1.29 is 9.53 Å². The third kappa shape index (κ3) is 1.85.